The Labute approximate surface area is 117 Å². The van der Waals surface area contributed by atoms with Crippen molar-refractivity contribution in [1.82, 2.24) is 15.4 Å². The highest BCUT2D eigenvalue weighted by atomic mass is 32.2. The molecule has 0 aliphatic heterocycles. The van der Waals surface area contributed by atoms with E-state index in [0.717, 1.165) is 25.5 Å². The number of nitrogens with one attached hydrogen (secondary N) is 3. The van der Waals surface area contributed by atoms with Crippen molar-refractivity contribution in [3.63, 3.8) is 0 Å². The quantitative estimate of drug-likeness (QED) is 0.329. The van der Waals surface area contributed by atoms with Crippen molar-refractivity contribution in [3.8, 4) is 0 Å². The second-order valence-electron chi connectivity index (χ2n) is 4.69. The van der Waals surface area contributed by atoms with Crippen molar-refractivity contribution in [3.05, 3.63) is 0 Å². The largest absolute Gasteiger partial charge is 0.357 e. The lowest BCUT2D eigenvalue weighted by Crippen LogP contribution is -2.39. The molecule has 0 aliphatic carbocycles. The van der Waals surface area contributed by atoms with Crippen LogP contribution in [0.1, 0.15) is 34.1 Å². The Morgan fingerprint density at radius 3 is 2.37 bits per heavy atom. The number of nitrogens with zero attached hydrogens (tertiary/aromatic N) is 1. The molecule has 0 spiro atoms. The fourth-order valence-corrected chi connectivity index (χ4v) is 1.90. The summed E-state index contributed by atoms with van der Waals surface area (Å²) in [6, 6.07) is 0. The number of sulfonamides is 1. The van der Waals surface area contributed by atoms with Crippen molar-refractivity contribution in [2.45, 2.75) is 34.1 Å². The van der Waals surface area contributed by atoms with Crippen molar-refractivity contribution in [1.29, 1.82) is 0 Å². The Balaban J connectivity index is 3.91. The van der Waals surface area contributed by atoms with Gasteiger partial charge in [-0.1, -0.05) is 13.8 Å². The Kier molecular flexibility index (Phi) is 9.59. The van der Waals surface area contributed by atoms with Crippen LogP contribution in [0.15, 0.2) is 4.99 Å². The molecule has 0 fully saturated rings. The zero-order chi connectivity index (χ0) is 14.7. The van der Waals surface area contributed by atoms with Crippen LogP contribution in [-0.2, 0) is 10.0 Å². The van der Waals surface area contributed by atoms with Crippen LogP contribution in [0.4, 0.5) is 0 Å². The molecule has 0 amide bonds. The number of hydrogen-bond donors (Lipinski definition) is 3. The van der Waals surface area contributed by atoms with Crippen LogP contribution in [0.3, 0.4) is 0 Å². The minimum Gasteiger partial charge on any atom is -0.357 e. The zero-order valence-corrected chi connectivity index (χ0v) is 13.3. The molecule has 19 heavy (non-hydrogen) atoms. The summed E-state index contributed by atoms with van der Waals surface area (Å²) in [7, 11) is -3.08. The van der Waals surface area contributed by atoms with Crippen LogP contribution in [-0.4, -0.2) is 46.3 Å². The summed E-state index contributed by atoms with van der Waals surface area (Å²) in [4.78, 5) is 4.43. The second-order valence-corrected chi connectivity index (χ2v) is 6.79. The average molecular weight is 292 g/mol. The maximum atomic E-state index is 11.2. The number of guanidine groups is 1. The van der Waals surface area contributed by atoms with Crippen LogP contribution >= 0.6 is 0 Å². The van der Waals surface area contributed by atoms with Crippen LogP contribution in [0, 0.1) is 5.92 Å². The molecule has 7 heteroatoms. The molecule has 0 bridgehead atoms. The van der Waals surface area contributed by atoms with Crippen LogP contribution < -0.4 is 15.4 Å². The maximum Gasteiger partial charge on any atom is 0.211 e. The molecule has 0 aromatic rings. The van der Waals surface area contributed by atoms with E-state index in [-0.39, 0.29) is 5.75 Å². The summed E-state index contributed by atoms with van der Waals surface area (Å²) in [6.07, 6.45) is 0.728. The Bertz CT molecular complexity index is 353. The summed E-state index contributed by atoms with van der Waals surface area (Å²) in [6.45, 7) is 10.6. The minimum absolute atomic E-state index is 0.124. The van der Waals surface area contributed by atoms with Crippen molar-refractivity contribution < 1.29 is 8.42 Å². The molecule has 0 saturated carbocycles. The number of aliphatic imine (C=N–C) groups is 1. The molecule has 0 aromatic carbocycles. The van der Waals surface area contributed by atoms with Gasteiger partial charge in [-0.15, -0.1) is 0 Å². The molecule has 0 radical (unpaired) electrons. The smallest absolute Gasteiger partial charge is 0.211 e. The van der Waals surface area contributed by atoms with Crippen LogP contribution in [0.5, 0.6) is 0 Å². The van der Waals surface area contributed by atoms with Gasteiger partial charge in [-0.3, -0.25) is 4.99 Å². The van der Waals surface area contributed by atoms with Crippen molar-refractivity contribution >= 4 is 16.0 Å². The van der Waals surface area contributed by atoms with Gasteiger partial charge in [0.2, 0.25) is 10.0 Å². The molecular weight excluding hydrogens is 264 g/mol. The standard InChI is InChI=1S/C12H28N4O2S/c1-5-13-12(15-10-11(3)4)14-8-7-9-16-19(17,18)6-2/h11,16H,5-10H2,1-4H3,(H2,13,14,15). The lowest BCUT2D eigenvalue weighted by Gasteiger charge is -2.12. The van der Waals surface area contributed by atoms with Gasteiger partial charge in [0.15, 0.2) is 5.96 Å². The predicted molar refractivity (Wildman–Crippen MR) is 80.9 cm³/mol. The van der Waals surface area contributed by atoms with Gasteiger partial charge >= 0.3 is 0 Å². The van der Waals surface area contributed by atoms with E-state index in [1.165, 1.54) is 0 Å². The maximum absolute atomic E-state index is 11.2. The van der Waals surface area contributed by atoms with E-state index in [1.807, 2.05) is 6.92 Å². The van der Waals surface area contributed by atoms with Crippen molar-refractivity contribution in [2.75, 3.05) is 31.9 Å². The van der Waals surface area contributed by atoms with Gasteiger partial charge in [-0.2, -0.15) is 0 Å². The van der Waals surface area contributed by atoms with Gasteiger partial charge in [-0.25, -0.2) is 13.1 Å². The van der Waals surface area contributed by atoms with E-state index in [1.54, 1.807) is 6.92 Å². The monoisotopic (exact) mass is 292 g/mol. The molecule has 114 valence electrons. The first-order valence-electron chi connectivity index (χ1n) is 6.90. The molecule has 6 nitrogen and oxygen atoms in total. The van der Waals surface area contributed by atoms with Gasteiger partial charge in [0.05, 0.1) is 5.75 Å². The third kappa shape index (κ3) is 10.8. The highest BCUT2D eigenvalue weighted by Crippen LogP contribution is 1.91. The molecule has 3 N–H and O–H groups in total. The van der Waals surface area contributed by atoms with E-state index in [0.29, 0.717) is 19.0 Å². The molecule has 0 saturated heterocycles. The Morgan fingerprint density at radius 1 is 1.16 bits per heavy atom. The summed E-state index contributed by atoms with van der Waals surface area (Å²) < 4.78 is 25.0. The van der Waals surface area contributed by atoms with Gasteiger partial charge in [0.1, 0.15) is 0 Å². The normalized spacial score (nSPS) is 12.8. The minimum atomic E-state index is -3.08. The van der Waals surface area contributed by atoms with Crippen molar-refractivity contribution in [2.24, 2.45) is 10.9 Å². The molecule has 0 heterocycles. The molecule has 0 atom stereocenters. The Hall–Kier alpha value is -0.820. The van der Waals surface area contributed by atoms with E-state index in [9.17, 15) is 8.42 Å². The third-order valence-corrected chi connectivity index (χ3v) is 3.71. The van der Waals surface area contributed by atoms with E-state index >= 15 is 0 Å². The summed E-state index contributed by atoms with van der Waals surface area (Å²) in [5.41, 5.74) is 0. The van der Waals surface area contributed by atoms with Crippen LogP contribution in [0.25, 0.3) is 0 Å². The lowest BCUT2D eigenvalue weighted by molar-refractivity contribution is 0.579. The van der Waals surface area contributed by atoms with Gasteiger partial charge in [0, 0.05) is 26.2 Å². The number of hydrogen-bond acceptors (Lipinski definition) is 3. The summed E-state index contributed by atoms with van der Waals surface area (Å²) in [5.74, 6) is 1.43. The second kappa shape index (κ2) is 10.0. The Morgan fingerprint density at radius 2 is 1.84 bits per heavy atom. The predicted octanol–water partition coefficient (Wildman–Crippen LogP) is 0.527. The SMILES string of the molecule is CCNC(=NCC(C)C)NCCCNS(=O)(=O)CC. The molecule has 0 unspecified atom stereocenters. The topological polar surface area (TPSA) is 82.6 Å². The summed E-state index contributed by atoms with van der Waals surface area (Å²) in [5, 5.41) is 6.34. The van der Waals surface area contributed by atoms with Gasteiger partial charge in [0.25, 0.3) is 0 Å². The fourth-order valence-electron chi connectivity index (χ4n) is 1.24. The van der Waals surface area contributed by atoms with E-state index in [2.05, 4.69) is 34.2 Å². The first-order valence-corrected chi connectivity index (χ1v) is 8.56. The van der Waals surface area contributed by atoms with Crippen LogP contribution in [0.2, 0.25) is 0 Å². The lowest BCUT2D eigenvalue weighted by atomic mass is 10.2. The molecular formula is C12H28N4O2S. The van der Waals surface area contributed by atoms with Gasteiger partial charge in [-0.05, 0) is 26.2 Å². The first-order chi connectivity index (χ1) is 8.91. The van der Waals surface area contributed by atoms with E-state index in [4.69, 9.17) is 0 Å². The zero-order valence-electron chi connectivity index (χ0n) is 12.5. The van der Waals surface area contributed by atoms with Gasteiger partial charge < -0.3 is 10.6 Å². The molecule has 0 aliphatic rings. The summed E-state index contributed by atoms with van der Waals surface area (Å²) >= 11 is 0. The molecule has 0 aromatic heterocycles. The fraction of sp³-hybridized carbons (Fsp3) is 0.917. The highest BCUT2D eigenvalue weighted by molar-refractivity contribution is 7.89. The first kappa shape index (κ1) is 18.2. The van der Waals surface area contributed by atoms with E-state index < -0.39 is 10.0 Å². The number of rotatable bonds is 9. The average Bonchev–Trinajstić information content (AvgIpc) is 2.35. The highest BCUT2D eigenvalue weighted by Gasteiger charge is 2.04. The molecule has 0 rings (SSSR count). The third-order valence-electron chi connectivity index (χ3n) is 2.31.